The van der Waals surface area contributed by atoms with Crippen molar-refractivity contribution in [1.82, 2.24) is 4.72 Å². The van der Waals surface area contributed by atoms with E-state index in [9.17, 15) is 32.9 Å². The minimum absolute atomic E-state index is 0.0508. The Morgan fingerprint density at radius 2 is 1.89 bits per heavy atom. The number of hydrogen-bond acceptors (Lipinski definition) is 10. The number of aromatic carboxylic acids is 1. The molecule has 0 saturated heterocycles. The third-order valence-corrected chi connectivity index (χ3v) is 6.09. The number of carbonyl (C=O) groups excluding carboxylic acids is 2. The van der Waals surface area contributed by atoms with E-state index in [1.54, 1.807) is 4.72 Å². The molecule has 0 aliphatic heterocycles. The molecule has 2 N–H and O–H groups in total. The Morgan fingerprint density at radius 3 is 2.53 bits per heavy atom. The van der Waals surface area contributed by atoms with Crippen LogP contribution in [0.5, 0.6) is 11.5 Å². The molecule has 15 heteroatoms. The van der Waals surface area contributed by atoms with Crippen molar-refractivity contribution in [3.05, 3.63) is 68.7 Å². The SMILES string of the molecule is COc1cc(/C=C/C(=O)NS(=O)(=O)c2cc(C(=O)O)ccc2Cl)ccc1OC(=O)CCCO[N+](=O)[O-]. The van der Waals surface area contributed by atoms with Crippen molar-refractivity contribution in [2.45, 2.75) is 17.7 Å². The van der Waals surface area contributed by atoms with Gasteiger partial charge in [0.2, 0.25) is 0 Å². The van der Waals surface area contributed by atoms with Gasteiger partial charge in [0.25, 0.3) is 21.0 Å². The number of sulfonamides is 1. The molecule has 0 heterocycles. The number of rotatable bonds is 12. The first-order valence-electron chi connectivity index (χ1n) is 9.86. The number of nitrogens with one attached hydrogen (secondary N) is 1. The maximum Gasteiger partial charge on any atom is 0.335 e. The van der Waals surface area contributed by atoms with E-state index in [2.05, 4.69) is 4.84 Å². The number of carboxylic acids is 1. The van der Waals surface area contributed by atoms with E-state index < -0.39 is 37.9 Å². The van der Waals surface area contributed by atoms with Crippen molar-refractivity contribution >= 4 is 45.5 Å². The molecule has 2 aromatic carbocycles. The van der Waals surface area contributed by atoms with Crippen LogP contribution in [0.2, 0.25) is 5.02 Å². The van der Waals surface area contributed by atoms with Crippen molar-refractivity contribution in [3.8, 4) is 11.5 Å². The van der Waals surface area contributed by atoms with Crippen LogP contribution in [0.25, 0.3) is 6.08 Å². The van der Waals surface area contributed by atoms with Crippen molar-refractivity contribution in [2.24, 2.45) is 0 Å². The Bertz CT molecular complexity index is 1310. The van der Waals surface area contributed by atoms with Crippen LogP contribution in [0.3, 0.4) is 0 Å². The number of hydrogen-bond donors (Lipinski definition) is 2. The summed E-state index contributed by atoms with van der Waals surface area (Å²) in [6, 6.07) is 7.25. The Hall–Kier alpha value is -4.17. The monoisotopic (exact) mass is 542 g/mol. The van der Waals surface area contributed by atoms with Crippen LogP contribution in [0.1, 0.15) is 28.8 Å². The summed E-state index contributed by atoms with van der Waals surface area (Å²) in [4.78, 5) is 48.8. The lowest BCUT2D eigenvalue weighted by Gasteiger charge is -2.10. The van der Waals surface area contributed by atoms with Crippen molar-refractivity contribution in [2.75, 3.05) is 13.7 Å². The molecule has 2 aromatic rings. The Kier molecular flexibility index (Phi) is 9.75. The van der Waals surface area contributed by atoms with Gasteiger partial charge in [0.1, 0.15) is 4.90 Å². The number of halogens is 1. The highest BCUT2D eigenvalue weighted by Crippen LogP contribution is 2.29. The molecule has 0 aliphatic rings. The molecule has 0 fully saturated rings. The molecule has 0 spiro atoms. The smallest absolute Gasteiger partial charge is 0.335 e. The molecule has 2 rings (SSSR count). The van der Waals surface area contributed by atoms with Gasteiger partial charge in [0, 0.05) is 12.5 Å². The predicted molar refractivity (Wildman–Crippen MR) is 124 cm³/mol. The van der Waals surface area contributed by atoms with Gasteiger partial charge in [0.15, 0.2) is 11.5 Å². The Labute approximate surface area is 209 Å². The molecule has 0 atom stereocenters. The summed E-state index contributed by atoms with van der Waals surface area (Å²) in [5.74, 6) is -2.93. The minimum atomic E-state index is -4.47. The van der Waals surface area contributed by atoms with Gasteiger partial charge in [-0.25, -0.2) is 17.9 Å². The van der Waals surface area contributed by atoms with Crippen LogP contribution in [0.15, 0.2) is 47.4 Å². The molecule has 1 amide bonds. The molecule has 0 unspecified atom stereocenters. The van der Waals surface area contributed by atoms with E-state index >= 15 is 0 Å². The summed E-state index contributed by atoms with van der Waals surface area (Å²) >= 11 is 5.85. The average molecular weight is 543 g/mol. The summed E-state index contributed by atoms with van der Waals surface area (Å²) in [6.45, 7) is -0.266. The molecule has 0 aliphatic carbocycles. The Balaban J connectivity index is 2.06. The lowest BCUT2D eigenvalue weighted by molar-refractivity contribution is -0.757. The highest BCUT2D eigenvalue weighted by atomic mass is 35.5. The Morgan fingerprint density at radius 1 is 1.17 bits per heavy atom. The molecular formula is C21H19ClN2O11S. The van der Waals surface area contributed by atoms with Crippen molar-refractivity contribution in [3.63, 3.8) is 0 Å². The standard InChI is InChI=1S/C21H19ClN2O11S/c1-33-17-11-13(4-8-16(17)35-20(26)3-2-10-34-24(29)30)5-9-19(25)23-36(31,32)18-12-14(21(27)28)6-7-15(18)22/h4-9,11-12H,2-3,10H2,1H3,(H,23,25)(H,27,28)/b9-5+. The van der Waals surface area contributed by atoms with Crippen LogP contribution in [-0.2, 0) is 24.4 Å². The van der Waals surface area contributed by atoms with E-state index in [0.717, 1.165) is 24.3 Å². The molecule has 192 valence electrons. The number of amides is 1. The van der Waals surface area contributed by atoms with Crippen LogP contribution < -0.4 is 14.2 Å². The fourth-order valence-corrected chi connectivity index (χ4v) is 4.11. The largest absolute Gasteiger partial charge is 0.493 e. The quantitative estimate of drug-likeness (QED) is 0.1000. The second kappa shape index (κ2) is 12.5. The van der Waals surface area contributed by atoms with E-state index in [0.29, 0.717) is 5.56 Å². The van der Waals surface area contributed by atoms with Crippen molar-refractivity contribution < 1.29 is 47.3 Å². The predicted octanol–water partition coefficient (Wildman–Crippen LogP) is 2.46. The summed E-state index contributed by atoms with van der Waals surface area (Å²) in [6.07, 6.45) is 2.07. The lowest BCUT2D eigenvalue weighted by atomic mass is 10.2. The zero-order chi connectivity index (χ0) is 26.9. The first-order chi connectivity index (χ1) is 16.9. The number of carboxylic acid groups (broad SMARTS) is 1. The normalized spacial score (nSPS) is 11.1. The van der Waals surface area contributed by atoms with Gasteiger partial charge >= 0.3 is 11.9 Å². The average Bonchev–Trinajstić information content (AvgIpc) is 2.80. The number of benzene rings is 2. The summed E-state index contributed by atoms with van der Waals surface area (Å²) in [5, 5.41) is 17.9. The number of carbonyl (C=O) groups is 3. The zero-order valence-electron chi connectivity index (χ0n) is 18.5. The first kappa shape index (κ1) is 28.1. The minimum Gasteiger partial charge on any atom is -0.493 e. The summed E-state index contributed by atoms with van der Waals surface area (Å²) in [7, 11) is -3.17. The van der Waals surface area contributed by atoms with Gasteiger partial charge in [-0.2, -0.15) is 0 Å². The molecule has 13 nitrogen and oxygen atoms in total. The van der Waals surface area contributed by atoms with Gasteiger partial charge < -0.3 is 19.4 Å². The fourth-order valence-electron chi connectivity index (χ4n) is 2.64. The second-order valence-electron chi connectivity index (χ2n) is 6.80. The van der Waals surface area contributed by atoms with Gasteiger partial charge in [0.05, 0.1) is 24.3 Å². The molecule has 0 radical (unpaired) electrons. The third-order valence-electron chi connectivity index (χ3n) is 4.26. The number of esters is 1. The topological polar surface area (TPSA) is 188 Å². The number of ether oxygens (including phenoxy) is 2. The van der Waals surface area contributed by atoms with E-state index in [1.807, 2.05) is 0 Å². The van der Waals surface area contributed by atoms with E-state index in [4.69, 9.17) is 26.2 Å². The van der Waals surface area contributed by atoms with E-state index in [-0.39, 0.29) is 41.5 Å². The van der Waals surface area contributed by atoms with Gasteiger partial charge in [-0.3, -0.25) is 9.59 Å². The van der Waals surface area contributed by atoms with Crippen molar-refractivity contribution in [1.29, 1.82) is 0 Å². The summed E-state index contributed by atoms with van der Waals surface area (Å²) in [5.41, 5.74) is 0.0463. The molecule has 36 heavy (non-hydrogen) atoms. The maximum atomic E-state index is 12.5. The van der Waals surface area contributed by atoms with Gasteiger partial charge in [-0.1, -0.05) is 17.7 Å². The van der Waals surface area contributed by atoms with Gasteiger partial charge in [-0.05, 0) is 48.4 Å². The number of methoxy groups -OCH3 is 1. The molecule has 0 saturated carbocycles. The highest BCUT2D eigenvalue weighted by molar-refractivity contribution is 7.90. The van der Waals surface area contributed by atoms with E-state index in [1.165, 1.54) is 31.4 Å². The fraction of sp³-hybridized carbons (Fsp3) is 0.190. The van der Waals surface area contributed by atoms with Crippen LogP contribution in [-0.4, -0.2) is 50.2 Å². The summed E-state index contributed by atoms with van der Waals surface area (Å²) < 4.78 is 37.0. The molecule has 0 aromatic heterocycles. The maximum absolute atomic E-state index is 12.5. The third kappa shape index (κ3) is 8.25. The van der Waals surface area contributed by atoms with Gasteiger partial charge in [-0.15, -0.1) is 10.1 Å². The highest BCUT2D eigenvalue weighted by Gasteiger charge is 2.21. The van der Waals surface area contributed by atoms with Crippen LogP contribution in [0, 0.1) is 10.1 Å². The van der Waals surface area contributed by atoms with Crippen LogP contribution in [0.4, 0.5) is 0 Å². The zero-order valence-corrected chi connectivity index (χ0v) is 20.1. The lowest BCUT2D eigenvalue weighted by Crippen LogP contribution is -2.29. The molecule has 0 bridgehead atoms. The second-order valence-corrected chi connectivity index (χ2v) is 8.86. The molecular weight excluding hydrogens is 524 g/mol. The van der Waals surface area contributed by atoms with Crippen LogP contribution >= 0.6 is 11.6 Å². The number of nitrogens with zero attached hydrogens (tertiary/aromatic N) is 1. The first-order valence-corrected chi connectivity index (χ1v) is 11.7.